The molecular formula is C16H16N2O2. The van der Waals surface area contributed by atoms with Crippen LogP contribution in [0.15, 0.2) is 63.8 Å². The Kier molecular flexibility index (Phi) is 3.39. The normalized spacial score (nSPS) is 12.7. The number of oxazole rings is 1. The second kappa shape index (κ2) is 5.35. The molecule has 1 atom stereocenters. The minimum absolute atomic E-state index is 0.0647. The van der Waals surface area contributed by atoms with Crippen LogP contribution in [0, 0.1) is 0 Å². The van der Waals surface area contributed by atoms with Crippen molar-refractivity contribution in [2.75, 3.05) is 7.05 Å². The lowest BCUT2D eigenvalue weighted by molar-refractivity contribution is 0.451. The molecule has 0 saturated heterocycles. The summed E-state index contributed by atoms with van der Waals surface area (Å²) in [4.78, 5) is 12.0. The topological polar surface area (TPSA) is 47.2 Å². The number of benzene rings is 2. The third kappa shape index (κ3) is 2.26. The molecule has 3 aromatic rings. The van der Waals surface area contributed by atoms with E-state index in [9.17, 15) is 4.79 Å². The lowest BCUT2D eigenvalue weighted by Crippen LogP contribution is -2.26. The van der Waals surface area contributed by atoms with E-state index in [-0.39, 0.29) is 11.8 Å². The van der Waals surface area contributed by atoms with Crippen LogP contribution in [0.2, 0.25) is 0 Å². The third-order valence-electron chi connectivity index (χ3n) is 3.49. The van der Waals surface area contributed by atoms with E-state index in [1.807, 2.05) is 49.5 Å². The number of fused-ring (bicyclic) bond motifs is 1. The SMILES string of the molecule is CNC(Cn1c(=O)oc2ccccc21)c1ccccc1. The minimum atomic E-state index is -0.317. The first-order valence-electron chi connectivity index (χ1n) is 6.60. The van der Waals surface area contributed by atoms with Gasteiger partial charge >= 0.3 is 5.76 Å². The summed E-state index contributed by atoms with van der Waals surface area (Å²) in [5.74, 6) is -0.317. The van der Waals surface area contributed by atoms with E-state index in [0.717, 1.165) is 11.1 Å². The van der Waals surface area contributed by atoms with Crippen molar-refractivity contribution in [2.45, 2.75) is 12.6 Å². The lowest BCUT2D eigenvalue weighted by atomic mass is 10.1. The Bertz CT molecular complexity index is 759. The average molecular weight is 268 g/mol. The molecule has 0 aliphatic heterocycles. The van der Waals surface area contributed by atoms with Crippen molar-refractivity contribution < 1.29 is 4.42 Å². The molecule has 3 rings (SSSR count). The molecule has 2 aromatic carbocycles. The molecule has 1 aromatic heterocycles. The number of hydrogen-bond donors (Lipinski definition) is 1. The van der Waals surface area contributed by atoms with Gasteiger partial charge in [-0.2, -0.15) is 0 Å². The number of aromatic nitrogens is 1. The van der Waals surface area contributed by atoms with Crippen LogP contribution in [0.4, 0.5) is 0 Å². The maximum absolute atomic E-state index is 12.0. The molecule has 0 spiro atoms. The molecule has 4 nitrogen and oxygen atoms in total. The van der Waals surface area contributed by atoms with Crippen LogP contribution in [0.1, 0.15) is 11.6 Å². The molecule has 1 N–H and O–H groups in total. The van der Waals surface area contributed by atoms with E-state index < -0.39 is 0 Å². The summed E-state index contributed by atoms with van der Waals surface area (Å²) in [6, 6.07) is 17.6. The third-order valence-corrected chi connectivity index (χ3v) is 3.49. The second-order valence-electron chi connectivity index (χ2n) is 4.70. The van der Waals surface area contributed by atoms with Gasteiger partial charge in [0, 0.05) is 6.54 Å². The zero-order chi connectivity index (χ0) is 13.9. The fraction of sp³-hybridized carbons (Fsp3) is 0.188. The standard InChI is InChI=1S/C16H16N2O2/c1-17-13(12-7-3-2-4-8-12)11-18-14-9-5-6-10-15(14)20-16(18)19/h2-10,13,17H,11H2,1H3. The predicted molar refractivity (Wildman–Crippen MR) is 78.7 cm³/mol. The quantitative estimate of drug-likeness (QED) is 0.791. The van der Waals surface area contributed by atoms with E-state index in [1.165, 1.54) is 0 Å². The van der Waals surface area contributed by atoms with Gasteiger partial charge < -0.3 is 9.73 Å². The number of nitrogens with one attached hydrogen (secondary N) is 1. The van der Waals surface area contributed by atoms with Gasteiger partial charge in [0.1, 0.15) is 0 Å². The maximum Gasteiger partial charge on any atom is 0.420 e. The van der Waals surface area contributed by atoms with E-state index >= 15 is 0 Å². The van der Waals surface area contributed by atoms with E-state index in [0.29, 0.717) is 12.1 Å². The highest BCUT2D eigenvalue weighted by molar-refractivity contribution is 5.72. The molecule has 1 heterocycles. The zero-order valence-corrected chi connectivity index (χ0v) is 11.2. The molecule has 1 unspecified atom stereocenters. The van der Waals surface area contributed by atoms with E-state index in [2.05, 4.69) is 17.4 Å². The number of hydrogen-bond acceptors (Lipinski definition) is 3. The lowest BCUT2D eigenvalue weighted by Gasteiger charge is -2.16. The first-order chi connectivity index (χ1) is 9.79. The molecule has 0 fully saturated rings. The number of rotatable bonds is 4. The fourth-order valence-electron chi connectivity index (χ4n) is 2.42. The van der Waals surface area contributed by atoms with Crippen LogP contribution < -0.4 is 11.1 Å². The van der Waals surface area contributed by atoms with Crippen LogP contribution >= 0.6 is 0 Å². The highest BCUT2D eigenvalue weighted by Gasteiger charge is 2.14. The van der Waals surface area contributed by atoms with Gasteiger partial charge in [0.05, 0.1) is 11.6 Å². The second-order valence-corrected chi connectivity index (χ2v) is 4.70. The minimum Gasteiger partial charge on any atom is -0.408 e. The summed E-state index contributed by atoms with van der Waals surface area (Å²) < 4.78 is 6.93. The Morgan fingerprint density at radius 1 is 1.10 bits per heavy atom. The molecule has 0 amide bonds. The van der Waals surface area contributed by atoms with E-state index in [1.54, 1.807) is 4.57 Å². The van der Waals surface area contributed by atoms with Gasteiger partial charge in [0.25, 0.3) is 0 Å². The van der Waals surface area contributed by atoms with Gasteiger partial charge in [-0.25, -0.2) is 4.79 Å². The van der Waals surface area contributed by atoms with Crippen molar-refractivity contribution in [1.82, 2.24) is 9.88 Å². The summed E-state index contributed by atoms with van der Waals surface area (Å²) in [6.45, 7) is 0.538. The molecule has 0 saturated carbocycles. The summed E-state index contributed by atoms with van der Waals surface area (Å²) in [5, 5.41) is 3.25. The van der Waals surface area contributed by atoms with Gasteiger partial charge in [0.2, 0.25) is 0 Å². The monoisotopic (exact) mass is 268 g/mol. The summed E-state index contributed by atoms with van der Waals surface area (Å²) >= 11 is 0. The molecule has 0 aliphatic rings. The molecular weight excluding hydrogens is 252 g/mol. The Balaban J connectivity index is 2.00. The van der Waals surface area contributed by atoms with Gasteiger partial charge in [-0.3, -0.25) is 4.57 Å². The molecule has 0 radical (unpaired) electrons. The van der Waals surface area contributed by atoms with Crippen molar-refractivity contribution in [2.24, 2.45) is 0 Å². The van der Waals surface area contributed by atoms with Crippen LogP contribution in [0.3, 0.4) is 0 Å². The van der Waals surface area contributed by atoms with Crippen molar-refractivity contribution in [3.05, 3.63) is 70.7 Å². The fourth-order valence-corrected chi connectivity index (χ4v) is 2.42. The van der Waals surface area contributed by atoms with Crippen LogP contribution in [-0.2, 0) is 6.54 Å². The van der Waals surface area contributed by atoms with Crippen molar-refractivity contribution in [3.8, 4) is 0 Å². The predicted octanol–water partition coefficient (Wildman–Crippen LogP) is 2.56. The summed E-state index contributed by atoms with van der Waals surface area (Å²) in [7, 11) is 1.89. The van der Waals surface area contributed by atoms with Gasteiger partial charge in [0.15, 0.2) is 5.58 Å². The first-order valence-corrected chi connectivity index (χ1v) is 6.60. The number of nitrogens with zero attached hydrogens (tertiary/aromatic N) is 1. The average Bonchev–Trinajstić information content (AvgIpc) is 2.81. The van der Waals surface area contributed by atoms with Crippen LogP contribution in [0.5, 0.6) is 0 Å². The summed E-state index contributed by atoms with van der Waals surface area (Å²) in [5.41, 5.74) is 2.60. The zero-order valence-electron chi connectivity index (χ0n) is 11.2. The van der Waals surface area contributed by atoms with Crippen LogP contribution in [0.25, 0.3) is 11.1 Å². The summed E-state index contributed by atoms with van der Waals surface area (Å²) in [6.07, 6.45) is 0. The smallest absolute Gasteiger partial charge is 0.408 e. The Morgan fingerprint density at radius 2 is 1.80 bits per heavy atom. The van der Waals surface area contributed by atoms with E-state index in [4.69, 9.17) is 4.42 Å². The van der Waals surface area contributed by atoms with Gasteiger partial charge in [-0.15, -0.1) is 0 Å². The molecule has 0 bridgehead atoms. The van der Waals surface area contributed by atoms with Gasteiger partial charge in [-0.1, -0.05) is 42.5 Å². The van der Waals surface area contributed by atoms with Crippen molar-refractivity contribution >= 4 is 11.1 Å². The Labute approximate surface area is 116 Å². The maximum atomic E-state index is 12.0. The molecule has 20 heavy (non-hydrogen) atoms. The van der Waals surface area contributed by atoms with Crippen molar-refractivity contribution in [1.29, 1.82) is 0 Å². The molecule has 0 aliphatic carbocycles. The number of likely N-dealkylation sites (N-methyl/N-ethyl adjacent to an activating group) is 1. The molecule has 102 valence electrons. The highest BCUT2D eigenvalue weighted by Crippen LogP contribution is 2.18. The molecule has 4 heteroatoms. The number of para-hydroxylation sites is 2. The van der Waals surface area contributed by atoms with Gasteiger partial charge in [-0.05, 0) is 24.7 Å². The largest absolute Gasteiger partial charge is 0.420 e. The Morgan fingerprint density at radius 3 is 2.55 bits per heavy atom. The van der Waals surface area contributed by atoms with Crippen LogP contribution in [-0.4, -0.2) is 11.6 Å². The first kappa shape index (κ1) is 12.7. The highest BCUT2D eigenvalue weighted by atomic mass is 16.4. The Hall–Kier alpha value is -2.33. The van der Waals surface area contributed by atoms with Crippen molar-refractivity contribution in [3.63, 3.8) is 0 Å².